The van der Waals surface area contributed by atoms with E-state index < -0.39 is 0 Å². The van der Waals surface area contributed by atoms with E-state index in [4.69, 9.17) is 4.74 Å². The second kappa shape index (κ2) is 7.76. The number of hydrogen-bond acceptors (Lipinski definition) is 3. The van der Waals surface area contributed by atoms with Gasteiger partial charge in [-0.2, -0.15) is 4.73 Å². The van der Waals surface area contributed by atoms with E-state index in [9.17, 15) is 5.21 Å². The largest absolute Gasteiger partial charge is 0.618 e. The second-order valence-electron chi connectivity index (χ2n) is 4.74. The molecule has 0 atom stereocenters. The van der Waals surface area contributed by atoms with Crippen LogP contribution in [0, 0.1) is 11.1 Å². The Labute approximate surface area is 122 Å². The van der Waals surface area contributed by atoms with E-state index >= 15 is 0 Å². The number of hydrogen-bond donors (Lipinski definition) is 0. The maximum atomic E-state index is 12.0. The summed E-state index contributed by atoms with van der Waals surface area (Å²) < 4.78 is 7.30. The molecule has 18 heavy (non-hydrogen) atoms. The van der Waals surface area contributed by atoms with Gasteiger partial charge in [-0.15, -0.1) is 0 Å². The van der Waals surface area contributed by atoms with Crippen LogP contribution in [0.15, 0.2) is 6.20 Å². The Morgan fingerprint density at radius 2 is 2.22 bits per heavy atom. The van der Waals surface area contributed by atoms with Crippen LogP contribution >= 0.6 is 22.6 Å². The molecule has 5 heteroatoms. The zero-order chi connectivity index (χ0) is 13.5. The first-order valence-electron chi connectivity index (χ1n) is 6.39. The number of ether oxygens (including phenoxy) is 1. The van der Waals surface area contributed by atoms with E-state index in [0.29, 0.717) is 34.9 Å². The maximum Gasteiger partial charge on any atom is 0.284 e. The molecule has 0 saturated carbocycles. The Morgan fingerprint density at radius 1 is 1.50 bits per heavy atom. The van der Waals surface area contributed by atoms with Crippen molar-refractivity contribution >= 4 is 22.6 Å². The van der Waals surface area contributed by atoms with E-state index in [1.165, 1.54) is 0 Å². The van der Waals surface area contributed by atoms with E-state index in [1.807, 2.05) is 0 Å². The molecule has 0 saturated heterocycles. The van der Waals surface area contributed by atoms with Gasteiger partial charge in [0.05, 0.1) is 6.61 Å². The van der Waals surface area contributed by atoms with Gasteiger partial charge in [-0.3, -0.25) is 0 Å². The first-order chi connectivity index (χ1) is 8.58. The highest BCUT2D eigenvalue weighted by Gasteiger charge is 2.19. The average molecular weight is 364 g/mol. The normalized spacial score (nSPS) is 10.9. The van der Waals surface area contributed by atoms with Gasteiger partial charge in [0, 0.05) is 10.8 Å². The quantitative estimate of drug-likeness (QED) is 0.246. The summed E-state index contributed by atoms with van der Waals surface area (Å²) in [6.45, 7) is 6.91. The van der Waals surface area contributed by atoms with Gasteiger partial charge in [0.15, 0.2) is 0 Å². The number of unbranched alkanes of at least 4 members (excludes halogenated alkanes) is 1. The second-order valence-corrected chi connectivity index (χ2v) is 5.51. The molecule has 0 radical (unpaired) electrons. The molecule has 0 aliphatic heterocycles. The molecule has 1 aromatic heterocycles. The van der Waals surface area contributed by atoms with Gasteiger partial charge in [0.1, 0.15) is 5.69 Å². The third kappa shape index (κ3) is 4.59. The lowest BCUT2D eigenvalue weighted by molar-refractivity contribution is -0.615. The lowest BCUT2D eigenvalue weighted by atomic mass is 10.1. The van der Waals surface area contributed by atoms with E-state index in [0.717, 1.165) is 23.3 Å². The summed E-state index contributed by atoms with van der Waals surface area (Å²) in [4.78, 5) is 4.43. The summed E-state index contributed by atoms with van der Waals surface area (Å²) >= 11 is 2.20. The predicted molar refractivity (Wildman–Crippen MR) is 79.9 cm³/mol. The van der Waals surface area contributed by atoms with Crippen LogP contribution in [0.25, 0.3) is 0 Å². The van der Waals surface area contributed by atoms with Crippen LogP contribution in [-0.4, -0.2) is 11.6 Å². The first-order valence-corrected chi connectivity index (χ1v) is 7.91. The third-order valence-corrected chi connectivity index (χ3v) is 3.28. The molecule has 0 spiro atoms. The molecule has 0 unspecified atom stereocenters. The smallest absolute Gasteiger partial charge is 0.284 e. The van der Waals surface area contributed by atoms with Gasteiger partial charge >= 0.3 is 0 Å². The van der Waals surface area contributed by atoms with Crippen LogP contribution in [0.4, 0.5) is 0 Å². The lowest BCUT2D eigenvalue weighted by Crippen LogP contribution is -2.34. The van der Waals surface area contributed by atoms with Crippen molar-refractivity contribution in [2.75, 3.05) is 6.61 Å². The molecule has 1 aromatic rings. The number of rotatable bonds is 7. The zero-order valence-electron chi connectivity index (χ0n) is 11.3. The fourth-order valence-corrected chi connectivity index (χ4v) is 1.96. The molecule has 102 valence electrons. The van der Waals surface area contributed by atoms with Crippen LogP contribution in [0.5, 0.6) is 5.88 Å². The Balaban J connectivity index is 2.96. The Morgan fingerprint density at radius 3 is 2.78 bits per heavy atom. The van der Waals surface area contributed by atoms with E-state index in [-0.39, 0.29) is 0 Å². The predicted octanol–water partition coefficient (Wildman–Crippen LogP) is 3.03. The van der Waals surface area contributed by atoms with Crippen molar-refractivity contribution in [1.29, 1.82) is 0 Å². The topological polar surface area (TPSA) is 49.1 Å². The molecule has 0 bridgehead atoms. The van der Waals surface area contributed by atoms with Crippen molar-refractivity contribution in [2.24, 2.45) is 5.92 Å². The summed E-state index contributed by atoms with van der Waals surface area (Å²) in [5.74, 6) is 0.923. The minimum absolute atomic E-state index is 0.408. The van der Waals surface area contributed by atoms with Crippen molar-refractivity contribution in [1.82, 2.24) is 4.98 Å². The lowest BCUT2D eigenvalue weighted by Gasteiger charge is -2.12. The van der Waals surface area contributed by atoms with E-state index in [1.54, 1.807) is 6.20 Å². The maximum absolute atomic E-state index is 12.0. The van der Waals surface area contributed by atoms with Gasteiger partial charge in [-0.25, -0.2) is 4.98 Å². The van der Waals surface area contributed by atoms with Crippen LogP contribution in [0.1, 0.15) is 45.0 Å². The summed E-state index contributed by atoms with van der Waals surface area (Å²) in [5.41, 5.74) is 1.42. The van der Waals surface area contributed by atoms with Crippen LogP contribution in [-0.2, 0) is 10.8 Å². The molecular weight excluding hydrogens is 343 g/mol. The SMILES string of the molecule is CCCCOc1nc(CI)c[n+]([O-])c1CC(C)C. The number of aromatic nitrogens is 2. The van der Waals surface area contributed by atoms with Gasteiger partial charge in [-0.05, 0) is 12.3 Å². The van der Waals surface area contributed by atoms with Crippen molar-refractivity contribution < 1.29 is 9.47 Å². The van der Waals surface area contributed by atoms with Crippen LogP contribution in [0.2, 0.25) is 0 Å². The van der Waals surface area contributed by atoms with Gasteiger partial charge < -0.3 is 9.94 Å². The summed E-state index contributed by atoms with van der Waals surface area (Å²) in [6.07, 6.45) is 4.30. The highest BCUT2D eigenvalue weighted by Crippen LogP contribution is 2.17. The standard InChI is InChI=1S/C13H21IN2O2/c1-4-5-6-18-13-12(7-10(2)3)16(17)9-11(8-14)15-13/h9-10H,4-8H2,1-3H3. The Kier molecular flexibility index (Phi) is 6.67. The number of halogens is 1. The molecule has 0 aliphatic carbocycles. The summed E-state index contributed by atoms with van der Waals surface area (Å²) in [6, 6.07) is 0. The molecule has 0 aliphatic rings. The molecular formula is C13H21IN2O2. The summed E-state index contributed by atoms with van der Waals surface area (Å²) in [7, 11) is 0. The molecule has 0 amide bonds. The summed E-state index contributed by atoms with van der Waals surface area (Å²) in [5, 5.41) is 12.0. The van der Waals surface area contributed by atoms with Crippen LogP contribution < -0.4 is 9.47 Å². The fourth-order valence-electron chi connectivity index (χ4n) is 1.59. The van der Waals surface area contributed by atoms with Gasteiger partial charge in [0.25, 0.3) is 11.6 Å². The highest BCUT2D eigenvalue weighted by molar-refractivity contribution is 14.1. The van der Waals surface area contributed by atoms with Crippen molar-refractivity contribution in [2.45, 2.75) is 44.5 Å². The number of nitrogens with zero attached hydrogens (tertiary/aromatic N) is 2. The van der Waals surface area contributed by atoms with Gasteiger partial charge in [-0.1, -0.05) is 49.8 Å². The highest BCUT2D eigenvalue weighted by atomic mass is 127. The van der Waals surface area contributed by atoms with Crippen molar-refractivity contribution in [3.63, 3.8) is 0 Å². The fraction of sp³-hybridized carbons (Fsp3) is 0.692. The molecule has 4 nitrogen and oxygen atoms in total. The van der Waals surface area contributed by atoms with Crippen LogP contribution in [0.3, 0.4) is 0 Å². The third-order valence-electron chi connectivity index (χ3n) is 2.50. The molecule has 0 fully saturated rings. The minimum atomic E-state index is 0.408. The molecule has 1 rings (SSSR count). The van der Waals surface area contributed by atoms with Gasteiger partial charge in [0.2, 0.25) is 6.20 Å². The number of alkyl halides is 1. The minimum Gasteiger partial charge on any atom is -0.618 e. The zero-order valence-corrected chi connectivity index (χ0v) is 13.4. The van der Waals surface area contributed by atoms with Crippen molar-refractivity contribution in [3.8, 4) is 5.88 Å². The molecule has 0 N–H and O–H groups in total. The molecule has 1 heterocycles. The monoisotopic (exact) mass is 364 g/mol. The first kappa shape index (κ1) is 15.5. The van der Waals surface area contributed by atoms with Crippen molar-refractivity contribution in [3.05, 3.63) is 22.8 Å². The average Bonchev–Trinajstić information content (AvgIpc) is 2.32. The molecule has 0 aromatic carbocycles. The Hall–Kier alpha value is -0.590. The van der Waals surface area contributed by atoms with E-state index in [2.05, 4.69) is 48.3 Å². The Bertz CT molecular complexity index is 383.